The molecule has 7 heteroatoms. The van der Waals surface area contributed by atoms with Gasteiger partial charge in [0.25, 0.3) is 0 Å². The van der Waals surface area contributed by atoms with E-state index in [9.17, 15) is 9.59 Å². The van der Waals surface area contributed by atoms with Gasteiger partial charge in [-0.05, 0) is 18.6 Å². The van der Waals surface area contributed by atoms with Crippen molar-refractivity contribution in [3.05, 3.63) is 23.0 Å². The van der Waals surface area contributed by atoms with Crippen molar-refractivity contribution in [1.82, 2.24) is 15.6 Å². The molecule has 0 spiro atoms. The maximum Gasteiger partial charge on any atom is 0.243 e. The highest BCUT2D eigenvalue weighted by Crippen LogP contribution is 2.19. The SMILES string of the molecule is Cc1cnc(Cl)c(NC(=O)C2CNC(=O)CN2)c1. The van der Waals surface area contributed by atoms with Crippen LogP contribution in [0.5, 0.6) is 0 Å². The van der Waals surface area contributed by atoms with Gasteiger partial charge in [0, 0.05) is 12.7 Å². The third-order valence-electron chi connectivity index (χ3n) is 2.56. The van der Waals surface area contributed by atoms with Crippen LogP contribution < -0.4 is 16.0 Å². The number of aromatic nitrogens is 1. The Morgan fingerprint density at radius 2 is 2.39 bits per heavy atom. The molecule has 1 aromatic heterocycles. The number of nitrogens with zero attached hydrogens (tertiary/aromatic N) is 1. The highest BCUT2D eigenvalue weighted by Gasteiger charge is 2.24. The predicted octanol–water partition coefficient (Wildman–Crippen LogP) is 0.0699. The first-order chi connectivity index (χ1) is 8.56. The van der Waals surface area contributed by atoms with Crippen LogP contribution in [-0.4, -0.2) is 35.9 Å². The number of pyridine rings is 1. The zero-order valence-corrected chi connectivity index (χ0v) is 10.5. The number of aryl methyl sites for hydroxylation is 1. The van der Waals surface area contributed by atoms with Gasteiger partial charge >= 0.3 is 0 Å². The quantitative estimate of drug-likeness (QED) is 0.663. The van der Waals surface area contributed by atoms with Crippen molar-refractivity contribution in [3.8, 4) is 0 Å². The molecule has 18 heavy (non-hydrogen) atoms. The Bertz CT molecular complexity index is 482. The van der Waals surface area contributed by atoms with Crippen LogP contribution in [0.4, 0.5) is 5.69 Å². The van der Waals surface area contributed by atoms with Gasteiger partial charge in [-0.2, -0.15) is 0 Å². The number of carbonyl (C=O) groups is 2. The molecular formula is C11H13ClN4O2. The van der Waals surface area contributed by atoms with Crippen molar-refractivity contribution in [1.29, 1.82) is 0 Å². The summed E-state index contributed by atoms with van der Waals surface area (Å²) in [6.45, 7) is 2.26. The summed E-state index contributed by atoms with van der Waals surface area (Å²) >= 11 is 5.89. The van der Waals surface area contributed by atoms with Crippen LogP contribution in [0.2, 0.25) is 5.15 Å². The third-order valence-corrected chi connectivity index (χ3v) is 2.86. The molecule has 1 atom stereocenters. The van der Waals surface area contributed by atoms with Crippen molar-refractivity contribution in [2.75, 3.05) is 18.4 Å². The average Bonchev–Trinajstić information content (AvgIpc) is 2.34. The number of amides is 2. The maximum atomic E-state index is 11.9. The van der Waals surface area contributed by atoms with Crippen LogP contribution in [-0.2, 0) is 9.59 Å². The molecule has 6 nitrogen and oxygen atoms in total. The van der Waals surface area contributed by atoms with Crippen LogP contribution in [0.25, 0.3) is 0 Å². The lowest BCUT2D eigenvalue weighted by atomic mass is 10.2. The summed E-state index contributed by atoms with van der Waals surface area (Å²) < 4.78 is 0. The molecule has 1 aliphatic rings. The number of anilines is 1. The Balaban J connectivity index is 2.02. The highest BCUT2D eigenvalue weighted by molar-refractivity contribution is 6.32. The molecule has 1 aromatic rings. The first-order valence-electron chi connectivity index (χ1n) is 5.49. The standard InChI is InChI=1S/C11H13ClN4O2/c1-6-2-7(10(12)15-3-6)16-11(18)8-4-14-9(17)5-13-8/h2-3,8,13H,4-5H2,1H3,(H,14,17)(H,16,18). The van der Waals surface area contributed by atoms with E-state index in [0.717, 1.165) is 5.56 Å². The topological polar surface area (TPSA) is 83.1 Å². The van der Waals surface area contributed by atoms with Crippen molar-refractivity contribution >= 4 is 29.1 Å². The first-order valence-corrected chi connectivity index (χ1v) is 5.87. The van der Waals surface area contributed by atoms with E-state index in [2.05, 4.69) is 20.9 Å². The molecule has 0 aromatic carbocycles. The lowest BCUT2D eigenvalue weighted by Gasteiger charge is -2.23. The molecule has 2 amide bonds. The van der Waals surface area contributed by atoms with Crippen LogP contribution in [0.1, 0.15) is 5.56 Å². The Labute approximate surface area is 109 Å². The zero-order chi connectivity index (χ0) is 13.1. The molecule has 1 aliphatic heterocycles. The second kappa shape index (κ2) is 5.32. The minimum Gasteiger partial charge on any atom is -0.353 e. The Hall–Kier alpha value is -1.66. The number of carbonyl (C=O) groups excluding carboxylic acids is 2. The summed E-state index contributed by atoms with van der Waals surface area (Å²) in [5.41, 5.74) is 1.37. The van der Waals surface area contributed by atoms with Crippen LogP contribution in [0, 0.1) is 6.92 Å². The summed E-state index contributed by atoms with van der Waals surface area (Å²) in [6, 6.07) is 1.29. The van der Waals surface area contributed by atoms with Gasteiger partial charge in [-0.1, -0.05) is 11.6 Å². The lowest BCUT2D eigenvalue weighted by Crippen LogP contribution is -2.56. The molecule has 3 N–H and O–H groups in total. The molecule has 0 radical (unpaired) electrons. The second-order valence-corrected chi connectivity index (χ2v) is 4.44. The van der Waals surface area contributed by atoms with E-state index in [1.165, 1.54) is 0 Å². The van der Waals surface area contributed by atoms with E-state index < -0.39 is 6.04 Å². The van der Waals surface area contributed by atoms with Crippen LogP contribution >= 0.6 is 11.6 Å². The van der Waals surface area contributed by atoms with Crippen LogP contribution in [0.15, 0.2) is 12.3 Å². The fourth-order valence-electron chi connectivity index (χ4n) is 1.61. The van der Waals surface area contributed by atoms with Gasteiger partial charge < -0.3 is 10.6 Å². The highest BCUT2D eigenvalue weighted by atomic mass is 35.5. The molecule has 96 valence electrons. The summed E-state index contributed by atoms with van der Waals surface area (Å²) in [5.74, 6) is -0.362. The van der Waals surface area contributed by atoms with Gasteiger partial charge in [-0.25, -0.2) is 4.98 Å². The van der Waals surface area contributed by atoms with E-state index in [-0.39, 0.29) is 30.1 Å². The predicted molar refractivity (Wildman–Crippen MR) is 67.4 cm³/mol. The molecule has 0 bridgehead atoms. The van der Waals surface area contributed by atoms with E-state index in [4.69, 9.17) is 11.6 Å². The third kappa shape index (κ3) is 2.96. The van der Waals surface area contributed by atoms with E-state index >= 15 is 0 Å². The van der Waals surface area contributed by atoms with Crippen molar-refractivity contribution in [3.63, 3.8) is 0 Å². The summed E-state index contributed by atoms with van der Waals surface area (Å²) in [6.07, 6.45) is 1.62. The van der Waals surface area contributed by atoms with E-state index in [1.807, 2.05) is 6.92 Å². The van der Waals surface area contributed by atoms with Crippen molar-refractivity contribution in [2.45, 2.75) is 13.0 Å². The summed E-state index contributed by atoms with van der Waals surface area (Å²) in [4.78, 5) is 26.8. The van der Waals surface area contributed by atoms with E-state index in [0.29, 0.717) is 5.69 Å². The summed E-state index contributed by atoms with van der Waals surface area (Å²) in [5, 5.41) is 8.38. The molecule has 2 rings (SSSR count). The van der Waals surface area contributed by atoms with Gasteiger partial charge in [-0.15, -0.1) is 0 Å². The Morgan fingerprint density at radius 3 is 3.06 bits per heavy atom. The Morgan fingerprint density at radius 1 is 1.61 bits per heavy atom. The average molecular weight is 269 g/mol. The Kier molecular flexibility index (Phi) is 3.78. The molecular weight excluding hydrogens is 256 g/mol. The summed E-state index contributed by atoms with van der Waals surface area (Å²) in [7, 11) is 0. The molecule has 0 aliphatic carbocycles. The fraction of sp³-hybridized carbons (Fsp3) is 0.364. The fourth-order valence-corrected chi connectivity index (χ4v) is 1.76. The number of nitrogens with one attached hydrogen (secondary N) is 3. The largest absolute Gasteiger partial charge is 0.353 e. The zero-order valence-electron chi connectivity index (χ0n) is 9.79. The second-order valence-electron chi connectivity index (χ2n) is 4.08. The number of piperazine rings is 1. The number of hydrogen-bond acceptors (Lipinski definition) is 4. The lowest BCUT2D eigenvalue weighted by molar-refractivity contribution is -0.124. The van der Waals surface area contributed by atoms with Gasteiger partial charge in [0.15, 0.2) is 5.15 Å². The van der Waals surface area contributed by atoms with Gasteiger partial charge in [0.2, 0.25) is 11.8 Å². The molecule has 2 heterocycles. The van der Waals surface area contributed by atoms with Crippen molar-refractivity contribution in [2.24, 2.45) is 0 Å². The van der Waals surface area contributed by atoms with Crippen LogP contribution in [0.3, 0.4) is 0 Å². The van der Waals surface area contributed by atoms with Gasteiger partial charge in [0.1, 0.15) is 6.04 Å². The maximum absolute atomic E-state index is 11.9. The number of halogens is 1. The minimum absolute atomic E-state index is 0.116. The number of hydrogen-bond donors (Lipinski definition) is 3. The van der Waals surface area contributed by atoms with E-state index in [1.54, 1.807) is 12.3 Å². The van der Waals surface area contributed by atoms with Gasteiger partial charge in [-0.3, -0.25) is 14.9 Å². The molecule has 1 saturated heterocycles. The molecule has 1 unspecified atom stereocenters. The normalized spacial score (nSPS) is 19.2. The monoisotopic (exact) mass is 268 g/mol. The minimum atomic E-state index is -0.459. The van der Waals surface area contributed by atoms with Crippen molar-refractivity contribution < 1.29 is 9.59 Å². The smallest absolute Gasteiger partial charge is 0.243 e. The first kappa shape index (κ1) is 12.8. The number of rotatable bonds is 2. The molecule has 1 fully saturated rings. The van der Waals surface area contributed by atoms with Gasteiger partial charge in [0.05, 0.1) is 12.2 Å². The molecule has 0 saturated carbocycles.